The summed E-state index contributed by atoms with van der Waals surface area (Å²) in [7, 11) is 3.12. The number of methoxy groups -OCH3 is 2. The van der Waals surface area contributed by atoms with Crippen molar-refractivity contribution in [3.8, 4) is 11.5 Å². The highest BCUT2D eigenvalue weighted by atomic mass is 16.5. The van der Waals surface area contributed by atoms with Crippen LogP contribution in [0.1, 0.15) is 15.9 Å². The van der Waals surface area contributed by atoms with Crippen LogP contribution in [0, 0.1) is 0 Å². The summed E-state index contributed by atoms with van der Waals surface area (Å²) in [5.74, 6) is 0.164. The number of carbonyl (C=O) groups is 2. The molecule has 1 aliphatic rings. The van der Waals surface area contributed by atoms with E-state index >= 15 is 0 Å². The zero-order chi connectivity index (χ0) is 16.4. The summed E-state index contributed by atoms with van der Waals surface area (Å²) in [6, 6.07) is 12.4. The summed E-state index contributed by atoms with van der Waals surface area (Å²) in [5.41, 5.74) is 2.41. The zero-order valence-electron chi connectivity index (χ0n) is 12.8. The SMILES string of the molecule is COc1ccc(NC2=CC(=O)C(=O)c3ccccc32)cc1OC. The van der Waals surface area contributed by atoms with Crippen LogP contribution < -0.4 is 14.8 Å². The van der Waals surface area contributed by atoms with Crippen LogP contribution in [0.4, 0.5) is 5.69 Å². The highest BCUT2D eigenvalue weighted by Crippen LogP contribution is 2.32. The van der Waals surface area contributed by atoms with E-state index in [1.54, 1.807) is 44.6 Å². The molecule has 1 N–H and O–H groups in total. The second-order valence-electron chi connectivity index (χ2n) is 4.99. The molecule has 0 atom stereocenters. The zero-order valence-corrected chi connectivity index (χ0v) is 12.8. The molecule has 2 aromatic carbocycles. The molecular weight excluding hydrogens is 294 g/mol. The van der Waals surface area contributed by atoms with Gasteiger partial charge in [0.1, 0.15) is 0 Å². The van der Waals surface area contributed by atoms with Gasteiger partial charge in [0.05, 0.1) is 19.9 Å². The Morgan fingerprint density at radius 2 is 1.57 bits per heavy atom. The molecule has 3 rings (SSSR count). The molecule has 0 spiro atoms. The minimum absolute atomic E-state index is 0.406. The van der Waals surface area contributed by atoms with Gasteiger partial charge in [0.2, 0.25) is 11.6 Å². The number of hydrogen-bond acceptors (Lipinski definition) is 5. The Morgan fingerprint density at radius 3 is 2.26 bits per heavy atom. The summed E-state index contributed by atoms with van der Waals surface area (Å²) in [6.07, 6.45) is 1.32. The topological polar surface area (TPSA) is 64.6 Å². The average molecular weight is 309 g/mol. The molecule has 0 bridgehead atoms. The first-order valence-electron chi connectivity index (χ1n) is 7.03. The molecule has 0 heterocycles. The van der Waals surface area contributed by atoms with Crippen molar-refractivity contribution in [2.24, 2.45) is 0 Å². The van der Waals surface area contributed by atoms with E-state index in [4.69, 9.17) is 9.47 Å². The van der Waals surface area contributed by atoms with Gasteiger partial charge in [0, 0.05) is 29.0 Å². The van der Waals surface area contributed by atoms with Gasteiger partial charge in [0.25, 0.3) is 0 Å². The summed E-state index contributed by atoms with van der Waals surface area (Å²) in [5, 5.41) is 3.17. The van der Waals surface area contributed by atoms with Crippen LogP contribution in [0.5, 0.6) is 11.5 Å². The van der Waals surface area contributed by atoms with Crippen LogP contribution >= 0.6 is 0 Å². The summed E-state index contributed by atoms with van der Waals surface area (Å²) in [4.78, 5) is 23.8. The van der Waals surface area contributed by atoms with Gasteiger partial charge in [-0.15, -0.1) is 0 Å². The predicted molar refractivity (Wildman–Crippen MR) is 86.9 cm³/mol. The fourth-order valence-corrected chi connectivity index (χ4v) is 2.50. The van der Waals surface area contributed by atoms with E-state index < -0.39 is 11.6 Å². The Balaban J connectivity index is 1.98. The molecule has 1 aliphatic carbocycles. The molecule has 23 heavy (non-hydrogen) atoms. The minimum Gasteiger partial charge on any atom is -0.493 e. The summed E-state index contributed by atoms with van der Waals surface area (Å²) >= 11 is 0. The standard InChI is InChI=1S/C18H15NO4/c1-22-16-8-7-11(9-17(16)23-2)19-14-10-15(20)18(21)13-6-4-3-5-12(13)14/h3-10,19H,1-2H3. The van der Waals surface area contributed by atoms with Crippen LogP contribution in [0.3, 0.4) is 0 Å². The van der Waals surface area contributed by atoms with Gasteiger partial charge in [-0.3, -0.25) is 9.59 Å². The largest absolute Gasteiger partial charge is 0.493 e. The summed E-state index contributed by atoms with van der Waals surface area (Å²) < 4.78 is 10.5. The molecule has 0 unspecified atom stereocenters. The number of ether oxygens (including phenoxy) is 2. The van der Waals surface area contributed by atoms with Gasteiger partial charge in [-0.1, -0.05) is 24.3 Å². The Kier molecular flexibility index (Phi) is 3.85. The fourth-order valence-electron chi connectivity index (χ4n) is 2.50. The molecule has 5 nitrogen and oxygen atoms in total. The van der Waals surface area contributed by atoms with Crippen molar-refractivity contribution in [3.05, 3.63) is 59.7 Å². The Bertz CT molecular complexity index is 824. The molecule has 0 saturated carbocycles. The first-order valence-corrected chi connectivity index (χ1v) is 7.03. The lowest BCUT2D eigenvalue weighted by atomic mass is 9.92. The van der Waals surface area contributed by atoms with Gasteiger partial charge >= 0.3 is 0 Å². The Hall–Kier alpha value is -3.08. The second kappa shape index (κ2) is 5.96. The third-order valence-electron chi connectivity index (χ3n) is 3.62. The van der Waals surface area contributed by atoms with Crippen molar-refractivity contribution in [1.82, 2.24) is 0 Å². The molecule has 0 aliphatic heterocycles. The van der Waals surface area contributed by atoms with Gasteiger partial charge < -0.3 is 14.8 Å². The number of ketones is 2. The Labute approximate surface area is 133 Å². The van der Waals surface area contributed by atoms with Crippen molar-refractivity contribution in [1.29, 1.82) is 0 Å². The maximum atomic E-state index is 11.9. The van der Waals surface area contributed by atoms with Crippen LogP contribution in [0.15, 0.2) is 48.5 Å². The molecule has 0 fully saturated rings. The van der Waals surface area contributed by atoms with E-state index in [1.807, 2.05) is 12.1 Å². The highest BCUT2D eigenvalue weighted by Gasteiger charge is 2.25. The number of Topliss-reactive ketones (excluding diaryl/α,β-unsaturated/α-hetero) is 1. The number of carbonyl (C=O) groups excluding carboxylic acids is 2. The number of fused-ring (bicyclic) bond motifs is 1. The number of allylic oxidation sites excluding steroid dienone is 1. The molecule has 0 saturated heterocycles. The van der Waals surface area contributed by atoms with Gasteiger partial charge in [-0.25, -0.2) is 0 Å². The molecule has 2 aromatic rings. The van der Waals surface area contributed by atoms with Gasteiger partial charge in [0.15, 0.2) is 11.5 Å². The van der Waals surface area contributed by atoms with E-state index in [0.717, 1.165) is 5.69 Å². The predicted octanol–water partition coefficient (Wildman–Crippen LogP) is 2.92. The van der Waals surface area contributed by atoms with E-state index in [2.05, 4.69) is 5.32 Å². The van der Waals surface area contributed by atoms with Crippen molar-refractivity contribution in [2.75, 3.05) is 19.5 Å². The average Bonchev–Trinajstić information content (AvgIpc) is 2.59. The smallest absolute Gasteiger partial charge is 0.233 e. The van der Waals surface area contributed by atoms with Crippen LogP contribution in [0.25, 0.3) is 5.70 Å². The van der Waals surface area contributed by atoms with Crippen molar-refractivity contribution in [3.63, 3.8) is 0 Å². The maximum absolute atomic E-state index is 11.9. The van der Waals surface area contributed by atoms with Crippen LogP contribution in [-0.4, -0.2) is 25.8 Å². The minimum atomic E-state index is -0.535. The number of rotatable bonds is 4. The lowest BCUT2D eigenvalue weighted by molar-refractivity contribution is -0.111. The van der Waals surface area contributed by atoms with Crippen molar-refractivity contribution in [2.45, 2.75) is 0 Å². The van der Waals surface area contributed by atoms with Crippen molar-refractivity contribution < 1.29 is 19.1 Å². The lowest BCUT2D eigenvalue weighted by Gasteiger charge is -2.18. The van der Waals surface area contributed by atoms with Crippen LogP contribution in [0.2, 0.25) is 0 Å². The number of hydrogen-bond donors (Lipinski definition) is 1. The van der Waals surface area contributed by atoms with E-state index in [-0.39, 0.29) is 0 Å². The van der Waals surface area contributed by atoms with Gasteiger partial charge in [-0.05, 0) is 12.1 Å². The maximum Gasteiger partial charge on any atom is 0.233 e. The number of nitrogens with one attached hydrogen (secondary N) is 1. The van der Waals surface area contributed by atoms with Gasteiger partial charge in [-0.2, -0.15) is 0 Å². The van der Waals surface area contributed by atoms with Crippen LogP contribution in [-0.2, 0) is 4.79 Å². The lowest BCUT2D eigenvalue weighted by Crippen LogP contribution is -2.20. The second-order valence-corrected chi connectivity index (χ2v) is 4.99. The highest BCUT2D eigenvalue weighted by molar-refractivity contribution is 6.50. The van der Waals surface area contributed by atoms with E-state index in [0.29, 0.717) is 28.3 Å². The summed E-state index contributed by atoms with van der Waals surface area (Å²) in [6.45, 7) is 0. The molecular formula is C18H15NO4. The Morgan fingerprint density at radius 1 is 0.870 bits per heavy atom. The third kappa shape index (κ3) is 2.68. The van der Waals surface area contributed by atoms with E-state index in [9.17, 15) is 9.59 Å². The fraction of sp³-hybridized carbons (Fsp3) is 0.111. The third-order valence-corrected chi connectivity index (χ3v) is 3.62. The van der Waals surface area contributed by atoms with E-state index in [1.165, 1.54) is 6.08 Å². The molecule has 0 amide bonds. The first-order chi connectivity index (χ1) is 11.1. The molecule has 0 aromatic heterocycles. The first kappa shape index (κ1) is 14.8. The monoisotopic (exact) mass is 309 g/mol. The molecule has 116 valence electrons. The number of anilines is 1. The molecule has 5 heteroatoms. The number of benzene rings is 2. The normalized spacial score (nSPS) is 13.2. The van der Waals surface area contributed by atoms with Crippen molar-refractivity contribution >= 4 is 23.0 Å². The quantitative estimate of drug-likeness (QED) is 0.880. The molecule has 0 radical (unpaired) electrons.